The summed E-state index contributed by atoms with van der Waals surface area (Å²) < 4.78 is 0. The van der Waals surface area contributed by atoms with Gasteiger partial charge in [0.25, 0.3) is 0 Å². The van der Waals surface area contributed by atoms with Gasteiger partial charge in [-0.3, -0.25) is 4.99 Å². The minimum Gasteiger partial charge on any atom is -0.266 e. The molecule has 0 radical (unpaired) electrons. The number of rotatable bonds is 3. The Labute approximate surface area is 82.0 Å². The van der Waals surface area contributed by atoms with Gasteiger partial charge < -0.3 is 0 Å². The van der Waals surface area contributed by atoms with E-state index in [0.717, 1.165) is 18.3 Å². The van der Waals surface area contributed by atoms with Crippen LogP contribution in [0.15, 0.2) is 16.8 Å². The smallest absolute Gasteiger partial charge is 0.0259 e. The van der Waals surface area contributed by atoms with Crippen LogP contribution >= 0.6 is 0 Å². The molecule has 0 saturated carbocycles. The first-order chi connectivity index (χ1) is 6.13. The average Bonchev–Trinajstić information content (AvgIpc) is 2.08. The van der Waals surface area contributed by atoms with Crippen LogP contribution in [0.4, 0.5) is 0 Å². The van der Waals surface area contributed by atoms with Crippen molar-refractivity contribution in [2.45, 2.75) is 47.0 Å². The summed E-state index contributed by atoms with van der Waals surface area (Å²) in [4.78, 5) is 4.44. The van der Waals surface area contributed by atoms with E-state index in [1.165, 1.54) is 24.1 Å². The lowest BCUT2D eigenvalue weighted by molar-refractivity contribution is 0.463. The number of nitrogens with zero attached hydrogens (tertiary/aromatic N) is 1. The highest BCUT2D eigenvalue weighted by molar-refractivity contribution is 5.86. The van der Waals surface area contributed by atoms with Crippen molar-refractivity contribution in [3.8, 4) is 0 Å². The molecule has 13 heavy (non-hydrogen) atoms. The van der Waals surface area contributed by atoms with Gasteiger partial charge in [-0.15, -0.1) is 0 Å². The van der Waals surface area contributed by atoms with Gasteiger partial charge in [-0.05, 0) is 38.0 Å². The number of hydrogen-bond donors (Lipinski definition) is 0. The predicted octanol–water partition coefficient (Wildman–Crippen LogP) is 3.81. The van der Waals surface area contributed by atoms with Crippen molar-refractivity contribution in [1.82, 2.24) is 0 Å². The molecule has 1 unspecified atom stereocenters. The third-order valence-corrected chi connectivity index (χ3v) is 2.74. The highest BCUT2D eigenvalue weighted by atomic mass is 14.7. The van der Waals surface area contributed by atoms with Gasteiger partial charge >= 0.3 is 0 Å². The van der Waals surface area contributed by atoms with Gasteiger partial charge in [-0.2, -0.15) is 0 Å². The highest BCUT2D eigenvalue weighted by Gasteiger charge is 2.17. The standard InChI is InChI=1S/C12H21N/c1-5-12-7-11(6-9(2)3)10(4)8-13-12/h8-9,11H,5-7H2,1-4H3. The maximum absolute atomic E-state index is 4.44. The van der Waals surface area contributed by atoms with E-state index >= 15 is 0 Å². The second-order valence-corrected chi connectivity index (χ2v) is 4.45. The first-order valence-electron chi connectivity index (χ1n) is 5.35. The molecule has 0 aliphatic carbocycles. The predicted molar refractivity (Wildman–Crippen MR) is 59.0 cm³/mol. The number of hydrogen-bond acceptors (Lipinski definition) is 1. The lowest BCUT2D eigenvalue weighted by atomic mass is 9.85. The molecule has 1 atom stereocenters. The van der Waals surface area contributed by atoms with Crippen LogP contribution in [0.25, 0.3) is 0 Å². The average molecular weight is 179 g/mol. The van der Waals surface area contributed by atoms with Crippen LogP contribution in [-0.2, 0) is 0 Å². The summed E-state index contributed by atoms with van der Waals surface area (Å²) >= 11 is 0. The summed E-state index contributed by atoms with van der Waals surface area (Å²) in [7, 11) is 0. The van der Waals surface area contributed by atoms with Gasteiger partial charge in [0, 0.05) is 11.9 Å². The molecular formula is C12H21N. The van der Waals surface area contributed by atoms with E-state index in [4.69, 9.17) is 0 Å². The minimum atomic E-state index is 0.757. The van der Waals surface area contributed by atoms with Crippen LogP contribution in [-0.4, -0.2) is 5.71 Å². The van der Waals surface area contributed by atoms with Gasteiger partial charge in [0.2, 0.25) is 0 Å². The van der Waals surface area contributed by atoms with E-state index in [2.05, 4.69) is 38.9 Å². The molecule has 1 aliphatic rings. The molecule has 1 heteroatoms. The molecule has 0 N–H and O–H groups in total. The molecule has 1 aliphatic heterocycles. The quantitative estimate of drug-likeness (QED) is 0.624. The summed E-state index contributed by atoms with van der Waals surface area (Å²) in [6.07, 6.45) is 5.67. The fraction of sp³-hybridized carbons (Fsp3) is 0.750. The molecular weight excluding hydrogens is 158 g/mol. The minimum absolute atomic E-state index is 0.757. The van der Waals surface area contributed by atoms with Gasteiger partial charge in [0.05, 0.1) is 0 Å². The lowest BCUT2D eigenvalue weighted by Gasteiger charge is -2.23. The Morgan fingerprint density at radius 2 is 2.23 bits per heavy atom. The van der Waals surface area contributed by atoms with Crippen molar-refractivity contribution in [3.05, 3.63) is 11.8 Å². The Morgan fingerprint density at radius 3 is 2.77 bits per heavy atom. The molecule has 74 valence electrons. The summed E-state index contributed by atoms with van der Waals surface area (Å²) in [6.45, 7) is 9.00. The van der Waals surface area contributed by atoms with Gasteiger partial charge in [0.15, 0.2) is 0 Å². The van der Waals surface area contributed by atoms with Crippen molar-refractivity contribution < 1.29 is 0 Å². The molecule has 0 fully saturated rings. The van der Waals surface area contributed by atoms with E-state index in [1.807, 2.05) is 0 Å². The largest absolute Gasteiger partial charge is 0.266 e. The van der Waals surface area contributed by atoms with E-state index in [0.29, 0.717) is 0 Å². The molecule has 0 bridgehead atoms. The topological polar surface area (TPSA) is 12.4 Å². The molecule has 0 aromatic rings. The van der Waals surface area contributed by atoms with Crippen molar-refractivity contribution in [3.63, 3.8) is 0 Å². The van der Waals surface area contributed by atoms with Crippen molar-refractivity contribution in [2.24, 2.45) is 16.8 Å². The SMILES string of the molecule is CCC1=NC=C(C)C(CC(C)C)C1. The van der Waals surface area contributed by atoms with Gasteiger partial charge in [0.1, 0.15) is 0 Å². The fourth-order valence-corrected chi connectivity index (χ4v) is 1.87. The van der Waals surface area contributed by atoms with E-state index < -0.39 is 0 Å². The number of allylic oxidation sites excluding steroid dienone is 1. The van der Waals surface area contributed by atoms with Crippen molar-refractivity contribution in [1.29, 1.82) is 0 Å². The Balaban J connectivity index is 2.60. The van der Waals surface area contributed by atoms with Crippen LogP contribution in [0.3, 0.4) is 0 Å². The third kappa shape index (κ3) is 2.98. The maximum atomic E-state index is 4.44. The molecule has 1 heterocycles. The zero-order valence-electron chi connectivity index (χ0n) is 9.30. The molecule has 0 spiro atoms. The normalized spacial score (nSPS) is 23.0. The van der Waals surface area contributed by atoms with Crippen LogP contribution < -0.4 is 0 Å². The van der Waals surface area contributed by atoms with Crippen LogP contribution in [0.1, 0.15) is 47.0 Å². The summed E-state index contributed by atoms with van der Waals surface area (Å²) in [6, 6.07) is 0. The second-order valence-electron chi connectivity index (χ2n) is 4.45. The third-order valence-electron chi connectivity index (χ3n) is 2.74. The Kier molecular flexibility index (Phi) is 3.71. The molecule has 0 saturated heterocycles. The summed E-state index contributed by atoms with van der Waals surface area (Å²) in [5.74, 6) is 1.55. The van der Waals surface area contributed by atoms with E-state index in [-0.39, 0.29) is 0 Å². The first-order valence-corrected chi connectivity index (χ1v) is 5.35. The Bertz CT molecular complexity index is 223. The molecule has 0 aromatic carbocycles. The summed E-state index contributed by atoms with van der Waals surface area (Å²) in [5, 5.41) is 0. The Hall–Kier alpha value is -0.590. The fourth-order valence-electron chi connectivity index (χ4n) is 1.87. The molecule has 1 rings (SSSR count). The van der Waals surface area contributed by atoms with Crippen molar-refractivity contribution in [2.75, 3.05) is 0 Å². The van der Waals surface area contributed by atoms with Crippen molar-refractivity contribution >= 4 is 5.71 Å². The molecule has 1 nitrogen and oxygen atoms in total. The van der Waals surface area contributed by atoms with Crippen LogP contribution in [0.5, 0.6) is 0 Å². The number of aliphatic imine (C=N–C) groups is 1. The maximum Gasteiger partial charge on any atom is 0.0259 e. The monoisotopic (exact) mass is 179 g/mol. The molecule has 0 aromatic heterocycles. The van der Waals surface area contributed by atoms with E-state index in [1.54, 1.807) is 0 Å². The van der Waals surface area contributed by atoms with Gasteiger partial charge in [-0.1, -0.05) is 26.3 Å². The second kappa shape index (κ2) is 4.59. The lowest BCUT2D eigenvalue weighted by Crippen LogP contribution is -2.14. The van der Waals surface area contributed by atoms with Gasteiger partial charge in [-0.25, -0.2) is 0 Å². The highest BCUT2D eigenvalue weighted by Crippen LogP contribution is 2.27. The molecule has 0 amide bonds. The first kappa shape index (κ1) is 10.5. The van der Waals surface area contributed by atoms with Crippen LogP contribution in [0, 0.1) is 11.8 Å². The van der Waals surface area contributed by atoms with E-state index in [9.17, 15) is 0 Å². The zero-order valence-corrected chi connectivity index (χ0v) is 9.30. The Morgan fingerprint density at radius 1 is 1.54 bits per heavy atom. The zero-order chi connectivity index (χ0) is 9.84. The summed E-state index contributed by atoms with van der Waals surface area (Å²) in [5.41, 5.74) is 2.84. The van der Waals surface area contributed by atoms with Crippen LogP contribution in [0.2, 0.25) is 0 Å².